The van der Waals surface area contributed by atoms with Crippen LogP contribution in [0.2, 0.25) is 0 Å². The first-order chi connectivity index (χ1) is 7.93. The first-order valence-corrected chi connectivity index (χ1v) is 4.99. The van der Waals surface area contributed by atoms with Gasteiger partial charge in [0.25, 0.3) is 0 Å². The fourth-order valence-corrected chi connectivity index (χ4v) is 2.06. The number of carboxylic acid groups (broad SMARTS) is 2. The highest BCUT2D eigenvalue weighted by Crippen LogP contribution is 2.25. The van der Waals surface area contributed by atoms with E-state index in [1.165, 1.54) is 16.7 Å². The molecule has 88 valence electrons. The lowest BCUT2D eigenvalue weighted by Gasteiger charge is -2.00. The van der Waals surface area contributed by atoms with Crippen molar-refractivity contribution in [1.82, 2.24) is 4.57 Å². The van der Waals surface area contributed by atoms with Gasteiger partial charge in [0, 0.05) is 18.0 Å². The van der Waals surface area contributed by atoms with Crippen molar-refractivity contribution in [3.8, 4) is 0 Å². The zero-order valence-corrected chi connectivity index (χ0v) is 9.39. The summed E-state index contributed by atoms with van der Waals surface area (Å²) in [6.45, 7) is 1.71. The Morgan fingerprint density at radius 1 is 1.18 bits per heavy atom. The highest BCUT2D eigenvalue weighted by Gasteiger charge is 2.18. The molecule has 5 heteroatoms. The van der Waals surface area contributed by atoms with Crippen LogP contribution in [-0.4, -0.2) is 26.7 Å². The van der Waals surface area contributed by atoms with Crippen LogP contribution in [0.1, 0.15) is 26.4 Å². The van der Waals surface area contributed by atoms with E-state index in [1.54, 1.807) is 20.0 Å². The van der Waals surface area contributed by atoms with Gasteiger partial charge in [-0.3, -0.25) is 0 Å². The minimum absolute atomic E-state index is 0.148. The average molecular weight is 233 g/mol. The predicted octanol–water partition coefficient (Wildman–Crippen LogP) is 1.88. The molecule has 1 aromatic carbocycles. The summed E-state index contributed by atoms with van der Waals surface area (Å²) in [7, 11) is 1.62. The highest BCUT2D eigenvalue weighted by atomic mass is 16.4. The molecule has 5 nitrogen and oxygen atoms in total. The van der Waals surface area contributed by atoms with Crippen LogP contribution in [0.5, 0.6) is 0 Å². The van der Waals surface area contributed by atoms with Crippen molar-refractivity contribution in [1.29, 1.82) is 0 Å². The van der Waals surface area contributed by atoms with E-state index < -0.39 is 11.9 Å². The fourth-order valence-electron chi connectivity index (χ4n) is 2.06. The van der Waals surface area contributed by atoms with Crippen LogP contribution in [-0.2, 0) is 7.05 Å². The molecular weight excluding hydrogens is 222 g/mol. The van der Waals surface area contributed by atoms with Crippen LogP contribution in [0.15, 0.2) is 18.2 Å². The monoisotopic (exact) mass is 233 g/mol. The smallest absolute Gasteiger partial charge is 0.352 e. The van der Waals surface area contributed by atoms with Crippen molar-refractivity contribution in [2.75, 3.05) is 0 Å². The summed E-state index contributed by atoms with van der Waals surface area (Å²) in [6.07, 6.45) is 0. The molecular formula is C12H11NO4. The van der Waals surface area contributed by atoms with Crippen molar-refractivity contribution in [3.05, 3.63) is 35.0 Å². The van der Waals surface area contributed by atoms with E-state index in [9.17, 15) is 9.59 Å². The molecule has 0 bridgehead atoms. The standard InChI is InChI=1S/C12H11NO4/c1-6-8-4-3-7(11(14)15)5-9(8)13(2)10(6)12(16)17/h3-5H,1-2H3,(H,14,15)(H,16,17). The first kappa shape index (κ1) is 11.2. The minimum Gasteiger partial charge on any atom is -0.478 e. The van der Waals surface area contributed by atoms with Gasteiger partial charge in [-0.15, -0.1) is 0 Å². The molecule has 1 aromatic heterocycles. The van der Waals surface area contributed by atoms with Crippen molar-refractivity contribution in [2.45, 2.75) is 6.92 Å². The van der Waals surface area contributed by atoms with Gasteiger partial charge in [-0.2, -0.15) is 0 Å². The third-order valence-corrected chi connectivity index (χ3v) is 2.90. The van der Waals surface area contributed by atoms with E-state index in [-0.39, 0.29) is 11.3 Å². The number of benzene rings is 1. The predicted molar refractivity (Wildman–Crippen MR) is 61.6 cm³/mol. The summed E-state index contributed by atoms with van der Waals surface area (Å²) in [6, 6.07) is 4.60. The number of carbonyl (C=O) groups is 2. The van der Waals surface area contributed by atoms with Crippen LogP contribution in [0, 0.1) is 6.92 Å². The number of aromatic carboxylic acids is 2. The van der Waals surface area contributed by atoms with E-state index >= 15 is 0 Å². The van der Waals surface area contributed by atoms with Crippen LogP contribution >= 0.6 is 0 Å². The zero-order valence-electron chi connectivity index (χ0n) is 9.39. The zero-order chi connectivity index (χ0) is 12.7. The maximum Gasteiger partial charge on any atom is 0.352 e. The molecule has 0 amide bonds. The summed E-state index contributed by atoms with van der Waals surface area (Å²) in [5.41, 5.74) is 1.59. The first-order valence-electron chi connectivity index (χ1n) is 4.99. The molecule has 0 aliphatic heterocycles. The van der Waals surface area contributed by atoms with Gasteiger partial charge in [0.2, 0.25) is 0 Å². The Labute approximate surface area is 96.9 Å². The highest BCUT2D eigenvalue weighted by molar-refractivity contribution is 6.00. The fraction of sp³-hybridized carbons (Fsp3) is 0.167. The van der Waals surface area contributed by atoms with Gasteiger partial charge < -0.3 is 14.8 Å². The van der Waals surface area contributed by atoms with Crippen LogP contribution in [0.25, 0.3) is 10.9 Å². The molecule has 2 N–H and O–H groups in total. The molecule has 0 unspecified atom stereocenters. The topological polar surface area (TPSA) is 79.5 Å². The Balaban J connectivity index is 2.84. The molecule has 1 heterocycles. The van der Waals surface area contributed by atoms with Gasteiger partial charge in [0.1, 0.15) is 5.69 Å². The number of fused-ring (bicyclic) bond motifs is 1. The molecule has 17 heavy (non-hydrogen) atoms. The van der Waals surface area contributed by atoms with Crippen LogP contribution in [0.3, 0.4) is 0 Å². The number of aromatic nitrogens is 1. The number of hydrogen-bond donors (Lipinski definition) is 2. The summed E-state index contributed by atoms with van der Waals surface area (Å²) in [5, 5.41) is 18.7. The SMILES string of the molecule is Cc1c(C(=O)O)n(C)c2cc(C(=O)O)ccc12. The van der Waals surface area contributed by atoms with Gasteiger partial charge in [-0.1, -0.05) is 6.07 Å². The normalized spacial score (nSPS) is 10.7. The molecule has 0 saturated heterocycles. The molecule has 0 saturated carbocycles. The Morgan fingerprint density at radius 3 is 2.35 bits per heavy atom. The second kappa shape index (κ2) is 3.62. The minimum atomic E-state index is -1.03. The van der Waals surface area contributed by atoms with Crippen molar-refractivity contribution >= 4 is 22.8 Å². The molecule has 0 atom stereocenters. The number of aryl methyl sites for hydroxylation is 2. The second-order valence-corrected chi connectivity index (χ2v) is 3.87. The Morgan fingerprint density at radius 2 is 1.82 bits per heavy atom. The Kier molecular flexibility index (Phi) is 2.38. The van der Waals surface area contributed by atoms with Crippen molar-refractivity contribution in [3.63, 3.8) is 0 Å². The van der Waals surface area contributed by atoms with E-state index in [1.807, 2.05) is 0 Å². The van der Waals surface area contributed by atoms with Gasteiger partial charge in [0.05, 0.1) is 5.56 Å². The lowest BCUT2D eigenvalue weighted by molar-refractivity contribution is 0.0680. The van der Waals surface area contributed by atoms with Gasteiger partial charge in [-0.05, 0) is 24.6 Å². The molecule has 0 radical (unpaired) electrons. The van der Waals surface area contributed by atoms with Crippen LogP contribution in [0.4, 0.5) is 0 Å². The van der Waals surface area contributed by atoms with E-state index in [4.69, 9.17) is 10.2 Å². The quantitative estimate of drug-likeness (QED) is 0.830. The lowest BCUT2D eigenvalue weighted by Crippen LogP contribution is -2.05. The van der Waals surface area contributed by atoms with Crippen LogP contribution < -0.4 is 0 Å². The maximum absolute atomic E-state index is 11.1. The Hall–Kier alpha value is -2.30. The molecule has 0 aliphatic rings. The third-order valence-electron chi connectivity index (χ3n) is 2.90. The van der Waals surface area contributed by atoms with Gasteiger partial charge in [0.15, 0.2) is 0 Å². The summed E-state index contributed by atoms with van der Waals surface area (Å²) in [5.74, 6) is -2.04. The van der Waals surface area contributed by atoms with E-state index in [0.29, 0.717) is 11.1 Å². The molecule has 2 rings (SSSR count). The molecule has 0 spiro atoms. The van der Waals surface area contributed by atoms with Gasteiger partial charge >= 0.3 is 11.9 Å². The second-order valence-electron chi connectivity index (χ2n) is 3.87. The van der Waals surface area contributed by atoms with Crippen molar-refractivity contribution in [2.24, 2.45) is 7.05 Å². The number of nitrogens with zero attached hydrogens (tertiary/aromatic N) is 1. The largest absolute Gasteiger partial charge is 0.478 e. The number of carboxylic acids is 2. The lowest BCUT2D eigenvalue weighted by atomic mass is 10.1. The summed E-state index contributed by atoms with van der Waals surface area (Å²) in [4.78, 5) is 21.9. The van der Waals surface area contributed by atoms with Gasteiger partial charge in [-0.25, -0.2) is 9.59 Å². The van der Waals surface area contributed by atoms with E-state index in [0.717, 1.165) is 5.39 Å². The number of hydrogen-bond acceptors (Lipinski definition) is 2. The number of rotatable bonds is 2. The van der Waals surface area contributed by atoms with Crippen molar-refractivity contribution < 1.29 is 19.8 Å². The maximum atomic E-state index is 11.1. The molecule has 2 aromatic rings. The summed E-state index contributed by atoms with van der Waals surface area (Å²) >= 11 is 0. The van der Waals surface area contributed by atoms with E-state index in [2.05, 4.69) is 0 Å². The molecule has 0 fully saturated rings. The molecule has 0 aliphatic carbocycles. The third kappa shape index (κ3) is 1.56. The summed E-state index contributed by atoms with van der Waals surface area (Å²) < 4.78 is 1.50. The Bertz CT molecular complexity index is 639. The average Bonchev–Trinajstić information content (AvgIpc) is 2.51.